The molecule has 24 heavy (non-hydrogen) atoms. The Hall–Kier alpha value is -1.29. The number of hydrogen-bond acceptors (Lipinski definition) is 3. The molecular weight excluding hydrogens is 312 g/mol. The van der Waals surface area contributed by atoms with Gasteiger partial charge in [-0.2, -0.15) is 0 Å². The summed E-state index contributed by atoms with van der Waals surface area (Å²) in [6, 6.07) is 15.5. The minimum atomic E-state index is 0.206. The zero-order chi connectivity index (χ0) is 16.4. The number of benzene rings is 2. The van der Waals surface area contributed by atoms with Crippen LogP contribution in [-0.4, -0.2) is 18.6 Å². The van der Waals surface area contributed by atoms with Crippen LogP contribution in [0.4, 0.5) is 0 Å². The predicted molar refractivity (Wildman–Crippen MR) is 106 cm³/mol. The number of nitrogens with one attached hydrogen (secondary N) is 2. The SMILES string of the molecule is CCNCC1=C(c2cccc3ccccc23)SNC12CCCCC2. The first-order chi connectivity index (χ1) is 11.8. The highest BCUT2D eigenvalue weighted by molar-refractivity contribution is 8.07. The van der Waals surface area contributed by atoms with Gasteiger partial charge in [0, 0.05) is 11.4 Å². The summed E-state index contributed by atoms with van der Waals surface area (Å²) in [5.41, 5.74) is 3.18. The van der Waals surface area contributed by atoms with Gasteiger partial charge >= 0.3 is 0 Å². The Kier molecular flexibility index (Phi) is 4.66. The Balaban J connectivity index is 1.84. The summed E-state index contributed by atoms with van der Waals surface area (Å²) >= 11 is 1.86. The van der Waals surface area contributed by atoms with E-state index in [1.54, 1.807) is 5.57 Å². The molecule has 1 saturated carbocycles. The molecule has 2 aliphatic rings. The van der Waals surface area contributed by atoms with Crippen LogP contribution in [0.1, 0.15) is 44.6 Å². The lowest BCUT2D eigenvalue weighted by Crippen LogP contribution is -2.44. The van der Waals surface area contributed by atoms with Crippen molar-refractivity contribution < 1.29 is 0 Å². The van der Waals surface area contributed by atoms with Gasteiger partial charge in [0.05, 0.1) is 5.54 Å². The smallest absolute Gasteiger partial charge is 0.0521 e. The topological polar surface area (TPSA) is 24.1 Å². The molecule has 1 aliphatic heterocycles. The molecule has 2 aromatic rings. The van der Waals surface area contributed by atoms with Gasteiger partial charge in [0.1, 0.15) is 0 Å². The van der Waals surface area contributed by atoms with E-state index in [-0.39, 0.29) is 5.54 Å². The molecule has 0 atom stereocenters. The second kappa shape index (κ2) is 6.91. The van der Waals surface area contributed by atoms with Crippen molar-refractivity contribution in [3.8, 4) is 0 Å². The number of likely N-dealkylation sites (N-methyl/N-ethyl adjacent to an activating group) is 1. The minimum Gasteiger partial charge on any atom is -0.313 e. The average Bonchev–Trinajstić information content (AvgIpc) is 2.97. The van der Waals surface area contributed by atoms with E-state index in [0.717, 1.165) is 13.1 Å². The van der Waals surface area contributed by atoms with Gasteiger partial charge in [-0.15, -0.1) is 0 Å². The van der Waals surface area contributed by atoms with Crippen LogP contribution in [0.2, 0.25) is 0 Å². The van der Waals surface area contributed by atoms with Crippen molar-refractivity contribution >= 4 is 27.6 Å². The van der Waals surface area contributed by atoms with Gasteiger partial charge in [0.25, 0.3) is 0 Å². The van der Waals surface area contributed by atoms with E-state index < -0.39 is 0 Å². The fourth-order valence-electron chi connectivity index (χ4n) is 4.19. The zero-order valence-electron chi connectivity index (χ0n) is 14.4. The Morgan fingerprint density at radius 2 is 1.83 bits per heavy atom. The quantitative estimate of drug-likeness (QED) is 0.757. The first kappa shape index (κ1) is 16.2. The third-order valence-electron chi connectivity index (χ3n) is 5.49. The van der Waals surface area contributed by atoms with Crippen molar-refractivity contribution in [2.75, 3.05) is 13.1 Å². The summed E-state index contributed by atoms with van der Waals surface area (Å²) in [4.78, 5) is 1.45. The summed E-state index contributed by atoms with van der Waals surface area (Å²) in [5, 5.41) is 6.29. The summed E-state index contributed by atoms with van der Waals surface area (Å²) in [7, 11) is 0. The van der Waals surface area contributed by atoms with E-state index in [4.69, 9.17) is 0 Å². The lowest BCUT2D eigenvalue weighted by Gasteiger charge is -2.36. The van der Waals surface area contributed by atoms with Crippen molar-refractivity contribution in [3.63, 3.8) is 0 Å². The maximum atomic E-state index is 3.85. The van der Waals surface area contributed by atoms with Gasteiger partial charge in [-0.1, -0.05) is 68.7 Å². The molecule has 2 nitrogen and oxygen atoms in total. The van der Waals surface area contributed by atoms with Gasteiger partial charge in [0.15, 0.2) is 0 Å². The van der Waals surface area contributed by atoms with Crippen LogP contribution in [-0.2, 0) is 0 Å². The highest BCUT2D eigenvalue weighted by Crippen LogP contribution is 2.49. The van der Waals surface area contributed by atoms with Crippen LogP contribution in [0.15, 0.2) is 48.0 Å². The first-order valence-electron chi connectivity index (χ1n) is 9.20. The second-order valence-corrected chi connectivity index (χ2v) is 7.78. The van der Waals surface area contributed by atoms with E-state index in [1.165, 1.54) is 53.3 Å². The Morgan fingerprint density at radius 1 is 1.04 bits per heavy atom. The highest BCUT2D eigenvalue weighted by atomic mass is 32.2. The van der Waals surface area contributed by atoms with Crippen molar-refractivity contribution in [2.45, 2.75) is 44.6 Å². The molecule has 0 bridgehead atoms. The monoisotopic (exact) mass is 338 g/mol. The normalized spacial score (nSPS) is 20.2. The molecule has 0 radical (unpaired) electrons. The molecule has 1 spiro atoms. The number of rotatable bonds is 4. The standard InChI is InChI=1S/C21H26N2S/c1-2-22-15-19-20(24-23-21(19)13-6-3-7-14-21)18-12-8-10-16-9-4-5-11-17(16)18/h4-5,8-12,22-23H,2-3,6-7,13-15H2,1H3. The summed E-state index contributed by atoms with van der Waals surface area (Å²) in [6.07, 6.45) is 6.61. The van der Waals surface area contributed by atoms with Crippen LogP contribution in [0.25, 0.3) is 15.7 Å². The molecule has 1 heterocycles. The molecule has 2 N–H and O–H groups in total. The third kappa shape index (κ3) is 2.79. The number of hydrogen-bond donors (Lipinski definition) is 2. The molecule has 126 valence electrons. The maximum Gasteiger partial charge on any atom is 0.0521 e. The van der Waals surface area contributed by atoms with E-state index in [9.17, 15) is 0 Å². The van der Waals surface area contributed by atoms with Crippen LogP contribution in [0, 0.1) is 0 Å². The van der Waals surface area contributed by atoms with Crippen molar-refractivity contribution in [1.82, 2.24) is 10.0 Å². The molecule has 0 saturated heterocycles. The molecule has 3 heteroatoms. The Bertz CT molecular complexity index is 754. The average molecular weight is 339 g/mol. The first-order valence-corrected chi connectivity index (χ1v) is 10.0. The molecule has 1 fully saturated rings. The molecule has 0 aromatic heterocycles. The van der Waals surface area contributed by atoms with Gasteiger partial charge in [-0.05, 0) is 53.2 Å². The van der Waals surface area contributed by atoms with E-state index >= 15 is 0 Å². The zero-order valence-corrected chi connectivity index (χ0v) is 15.2. The predicted octanol–water partition coefficient (Wildman–Crippen LogP) is 5.11. The summed E-state index contributed by atoms with van der Waals surface area (Å²) in [5.74, 6) is 0. The molecule has 0 unspecified atom stereocenters. The van der Waals surface area contributed by atoms with Gasteiger partial charge in [0.2, 0.25) is 0 Å². The fourth-order valence-corrected chi connectivity index (χ4v) is 5.49. The molecule has 0 amide bonds. The van der Waals surface area contributed by atoms with Crippen LogP contribution in [0.3, 0.4) is 0 Å². The van der Waals surface area contributed by atoms with Gasteiger partial charge in [-0.3, -0.25) is 0 Å². The van der Waals surface area contributed by atoms with E-state index in [0.29, 0.717) is 0 Å². The van der Waals surface area contributed by atoms with Crippen molar-refractivity contribution in [2.24, 2.45) is 0 Å². The lowest BCUT2D eigenvalue weighted by atomic mass is 9.76. The van der Waals surface area contributed by atoms with Gasteiger partial charge < -0.3 is 5.32 Å². The molecule has 4 rings (SSSR count). The molecule has 2 aromatic carbocycles. The summed E-state index contributed by atoms with van der Waals surface area (Å²) in [6.45, 7) is 4.21. The Labute approximate surface area is 149 Å². The minimum absolute atomic E-state index is 0.206. The van der Waals surface area contributed by atoms with Crippen molar-refractivity contribution in [3.05, 3.63) is 53.6 Å². The largest absolute Gasteiger partial charge is 0.313 e. The number of fused-ring (bicyclic) bond motifs is 1. The van der Waals surface area contributed by atoms with Gasteiger partial charge in [-0.25, -0.2) is 4.72 Å². The highest BCUT2D eigenvalue weighted by Gasteiger charge is 2.42. The van der Waals surface area contributed by atoms with Crippen LogP contribution < -0.4 is 10.0 Å². The van der Waals surface area contributed by atoms with Crippen LogP contribution >= 0.6 is 11.9 Å². The van der Waals surface area contributed by atoms with E-state index in [2.05, 4.69) is 59.4 Å². The summed E-state index contributed by atoms with van der Waals surface area (Å²) < 4.78 is 3.85. The van der Waals surface area contributed by atoms with Crippen LogP contribution in [0.5, 0.6) is 0 Å². The Morgan fingerprint density at radius 3 is 2.67 bits per heavy atom. The van der Waals surface area contributed by atoms with E-state index in [1.807, 2.05) is 11.9 Å². The lowest BCUT2D eigenvalue weighted by molar-refractivity contribution is 0.321. The molecule has 1 aliphatic carbocycles. The van der Waals surface area contributed by atoms with Crippen molar-refractivity contribution in [1.29, 1.82) is 0 Å². The fraction of sp³-hybridized carbons (Fsp3) is 0.429. The second-order valence-electron chi connectivity index (χ2n) is 6.96. The third-order valence-corrected chi connectivity index (χ3v) is 6.66. The molecular formula is C21H26N2S. The maximum absolute atomic E-state index is 3.85.